The van der Waals surface area contributed by atoms with Gasteiger partial charge in [0.05, 0.1) is 25.4 Å². The van der Waals surface area contributed by atoms with Gasteiger partial charge in [0, 0.05) is 33.3 Å². The molecule has 2 N–H and O–H groups in total. The van der Waals surface area contributed by atoms with Gasteiger partial charge in [0.1, 0.15) is 0 Å². The van der Waals surface area contributed by atoms with Crippen LogP contribution in [0.1, 0.15) is 13.8 Å². The fourth-order valence-electron chi connectivity index (χ4n) is 2.02. The van der Waals surface area contributed by atoms with Crippen molar-refractivity contribution in [3.63, 3.8) is 0 Å². The summed E-state index contributed by atoms with van der Waals surface area (Å²) in [6.45, 7) is 9.56. The van der Waals surface area contributed by atoms with E-state index in [4.69, 9.17) is 9.47 Å². The monoisotopic (exact) mass is 273 g/mol. The molecule has 0 saturated carbocycles. The molecule has 2 unspecified atom stereocenters. The van der Waals surface area contributed by atoms with Gasteiger partial charge in [-0.2, -0.15) is 0 Å². The molecule has 0 bridgehead atoms. The third kappa shape index (κ3) is 6.33. The summed E-state index contributed by atoms with van der Waals surface area (Å²) in [7, 11) is 1.62. The molecule has 0 radical (unpaired) electrons. The second-order valence-electron chi connectivity index (χ2n) is 4.80. The van der Waals surface area contributed by atoms with Crippen LogP contribution >= 0.6 is 0 Å². The molecule has 1 heterocycles. The molecule has 0 aromatic rings. The highest BCUT2D eigenvalue weighted by Gasteiger charge is 2.20. The Bertz CT molecular complexity index is 264. The third-order valence-corrected chi connectivity index (χ3v) is 3.32. The predicted octanol–water partition coefficient (Wildman–Crippen LogP) is -0.552. The summed E-state index contributed by atoms with van der Waals surface area (Å²) in [5.74, 6) is 0.000192. The summed E-state index contributed by atoms with van der Waals surface area (Å²) in [4.78, 5) is 14.1. The van der Waals surface area contributed by atoms with Crippen LogP contribution in [-0.4, -0.2) is 76.0 Å². The molecule has 1 rings (SSSR count). The fourth-order valence-corrected chi connectivity index (χ4v) is 2.02. The van der Waals surface area contributed by atoms with E-state index >= 15 is 0 Å². The van der Waals surface area contributed by atoms with E-state index in [9.17, 15) is 4.79 Å². The molecular formula is C13H27N3O3. The van der Waals surface area contributed by atoms with Crippen LogP contribution in [0.3, 0.4) is 0 Å². The first kappa shape index (κ1) is 16.4. The summed E-state index contributed by atoms with van der Waals surface area (Å²) in [6, 6.07) is -0.211. The summed E-state index contributed by atoms with van der Waals surface area (Å²) in [5.41, 5.74) is 0. The molecule has 6 nitrogen and oxygen atoms in total. The van der Waals surface area contributed by atoms with E-state index in [1.54, 1.807) is 7.11 Å². The van der Waals surface area contributed by atoms with Gasteiger partial charge in [0.25, 0.3) is 0 Å². The number of nitrogens with one attached hydrogen (secondary N) is 2. The average molecular weight is 273 g/mol. The quantitative estimate of drug-likeness (QED) is 0.581. The molecule has 112 valence electrons. The topological polar surface area (TPSA) is 62.8 Å². The molecule has 0 aliphatic carbocycles. The van der Waals surface area contributed by atoms with Crippen molar-refractivity contribution in [3.8, 4) is 0 Å². The molecule has 1 aliphatic heterocycles. The highest BCUT2D eigenvalue weighted by Crippen LogP contribution is 2.03. The van der Waals surface area contributed by atoms with Gasteiger partial charge in [-0.25, -0.2) is 0 Å². The van der Waals surface area contributed by atoms with Gasteiger partial charge in [-0.3, -0.25) is 9.69 Å². The smallest absolute Gasteiger partial charge is 0.236 e. The minimum atomic E-state index is -0.211. The Hall–Kier alpha value is -0.690. The number of likely N-dealkylation sites (N-methyl/N-ethyl adjacent to an activating group) is 1. The van der Waals surface area contributed by atoms with Crippen LogP contribution < -0.4 is 10.6 Å². The van der Waals surface area contributed by atoms with Crippen molar-refractivity contribution < 1.29 is 14.3 Å². The summed E-state index contributed by atoms with van der Waals surface area (Å²) in [6.07, 6.45) is 0.169. The number of rotatable bonds is 8. The van der Waals surface area contributed by atoms with E-state index in [1.807, 2.05) is 6.92 Å². The molecular weight excluding hydrogens is 246 g/mol. The lowest BCUT2D eigenvalue weighted by Gasteiger charge is -2.32. The first-order chi connectivity index (χ1) is 9.17. The van der Waals surface area contributed by atoms with Crippen LogP contribution in [0.15, 0.2) is 0 Å². The first-order valence-corrected chi connectivity index (χ1v) is 7.01. The number of nitrogens with zero attached hydrogens (tertiary/aromatic N) is 1. The largest absolute Gasteiger partial charge is 0.383 e. The van der Waals surface area contributed by atoms with Crippen molar-refractivity contribution in [1.82, 2.24) is 15.5 Å². The van der Waals surface area contributed by atoms with E-state index < -0.39 is 0 Å². The lowest BCUT2D eigenvalue weighted by atomic mass is 10.2. The molecule has 0 aromatic carbocycles. The van der Waals surface area contributed by atoms with E-state index in [2.05, 4.69) is 22.5 Å². The Labute approximate surface area is 115 Å². The SMILES string of the molecule is CCN1CCOC(CNC(C)C(=O)NCCOC)C1. The van der Waals surface area contributed by atoms with Gasteiger partial charge in [-0.05, 0) is 13.5 Å². The summed E-state index contributed by atoms with van der Waals surface area (Å²) >= 11 is 0. The summed E-state index contributed by atoms with van der Waals surface area (Å²) < 4.78 is 10.6. The standard InChI is InChI=1S/C13H27N3O3/c1-4-16-6-8-19-12(10-16)9-15-11(2)13(17)14-5-7-18-3/h11-12,15H,4-10H2,1-3H3,(H,14,17). The molecule has 1 fully saturated rings. The number of hydrogen-bond donors (Lipinski definition) is 2. The highest BCUT2D eigenvalue weighted by atomic mass is 16.5. The van der Waals surface area contributed by atoms with Crippen LogP contribution in [0.25, 0.3) is 0 Å². The van der Waals surface area contributed by atoms with Crippen molar-refractivity contribution in [1.29, 1.82) is 0 Å². The number of methoxy groups -OCH3 is 1. The van der Waals surface area contributed by atoms with Gasteiger partial charge >= 0.3 is 0 Å². The maximum Gasteiger partial charge on any atom is 0.236 e. The highest BCUT2D eigenvalue weighted by molar-refractivity contribution is 5.81. The Morgan fingerprint density at radius 1 is 1.58 bits per heavy atom. The van der Waals surface area contributed by atoms with Crippen LogP contribution in [-0.2, 0) is 14.3 Å². The molecule has 1 saturated heterocycles. The molecule has 19 heavy (non-hydrogen) atoms. The Morgan fingerprint density at radius 2 is 2.37 bits per heavy atom. The fraction of sp³-hybridized carbons (Fsp3) is 0.923. The number of hydrogen-bond acceptors (Lipinski definition) is 5. The predicted molar refractivity (Wildman–Crippen MR) is 74.2 cm³/mol. The molecule has 0 aromatic heterocycles. The van der Waals surface area contributed by atoms with Crippen molar-refractivity contribution in [2.75, 3.05) is 53.0 Å². The van der Waals surface area contributed by atoms with E-state index in [-0.39, 0.29) is 18.1 Å². The van der Waals surface area contributed by atoms with E-state index in [1.165, 1.54) is 0 Å². The van der Waals surface area contributed by atoms with Crippen LogP contribution in [0, 0.1) is 0 Å². The van der Waals surface area contributed by atoms with Crippen molar-refractivity contribution in [2.45, 2.75) is 26.0 Å². The zero-order valence-corrected chi connectivity index (χ0v) is 12.3. The van der Waals surface area contributed by atoms with Gasteiger partial charge in [-0.15, -0.1) is 0 Å². The van der Waals surface area contributed by atoms with Gasteiger partial charge in [0.15, 0.2) is 0 Å². The lowest BCUT2D eigenvalue weighted by molar-refractivity contribution is -0.123. The third-order valence-electron chi connectivity index (χ3n) is 3.32. The van der Waals surface area contributed by atoms with Crippen LogP contribution in [0.5, 0.6) is 0 Å². The summed E-state index contributed by atoms with van der Waals surface area (Å²) in [5, 5.41) is 6.03. The maximum absolute atomic E-state index is 11.7. The van der Waals surface area contributed by atoms with E-state index in [0.717, 1.165) is 26.2 Å². The average Bonchev–Trinajstić information content (AvgIpc) is 2.45. The molecule has 0 spiro atoms. The maximum atomic E-state index is 11.7. The Balaban J connectivity index is 2.18. The second-order valence-corrected chi connectivity index (χ2v) is 4.80. The normalized spacial score (nSPS) is 22.2. The molecule has 1 amide bonds. The number of carbonyl (C=O) groups is 1. The number of carbonyl (C=O) groups excluding carboxylic acids is 1. The molecule has 2 atom stereocenters. The van der Waals surface area contributed by atoms with E-state index in [0.29, 0.717) is 19.7 Å². The number of morpholine rings is 1. The molecule has 1 aliphatic rings. The van der Waals surface area contributed by atoms with Crippen LogP contribution in [0.4, 0.5) is 0 Å². The van der Waals surface area contributed by atoms with Gasteiger partial charge < -0.3 is 20.1 Å². The minimum absolute atomic E-state index is 0.000192. The number of amides is 1. The number of ether oxygens (including phenoxy) is 2. The minimum Gasteiger partial charge on any atom is -0.383 e. The first-order valence-electron chi connectivity index (χ1n) is 7.01. The van der Waals surface area contributed by atoms with Gasteiger partial charge in [-0.1, -0.05) is 6.92 Å². The van der Waals surface area contributed by atoms with Crippen molar-refractivity contribution in [3.05, 3.63) is 0 Å². The zero-order valence-electron chi connectivity index (χ0n) is 12.3. The molecule has 6 heteroatoms. The zero-order chi connectivity index (χ0) is 14.1. The van der Waals surface area contributed by atoms with Crippen LogP contribution in [0.2, 0.25) is 0 Å². The van der Waals surface area contributed by atoms with Crippen molar-refractivity contribution >= 4 is 5.91 Å². The lowest BCUT2D eigenvalue weighted by Crippen LogP contribution is -2.50. The van der Waals surface area contributed by atoms with Gasteiger partial charge in [0.2, 0.25) is 5.91 Å². The van der Waals surface area contributed by atoms with Crippen molar-refractivity contribution in [2.24, 2.45) is 0 Å². The Kier molecular flexibility index (Phi) is 7.97. The second kappa shape index (κ2) is 9.25. The Morgan fingerprint density at radius 3 is 3.05 bits per heavy atom.